The number of rotatable bonds is 3. The summed E-state index contributed by atoms with van der Waals surface area (Å²) in [5.41, 5.74) is 3.31. The molecule has 2 heterocycles. The highest BCUT2D eigenvalue weighted by Gasteiger charge is 2.45. The van der Waals surface area contributed by atoms with Crippen LogP contribution in [-0.4, -0.2) is 25.5 Å². The summed E-state index contributed by atoms with van der Waals surface area (Å²) in [6, 6.07) is 17.3. The van der Waals surface area contributed by atoms with Gasteiger partial charge in [0.25, 0.3) is 0 Å². The van der Waals surface area contributed by atoms with Gasteiger partial charge in [0.15, 0.2) is 6.23 Å². The lowest BCUT2D eigenvalue weighted by Gasteiger charge is -2.30. The van der Waals surface area contributed by atoms with E-state index >= 15 is 0 Å². The van der Waals surface area contributed by atoms with E-state index in [4.69, 9.17) is 4.74 Å². The first-order valence-electron chi connectivity index (χ1n) is 9.50. The van der Waals surface area contributed by atoms with Crippen LogP contribution < -0.4 is 0 Å². The Morgan fingerprint density at radius 3 is 2.37 bits per heavy atom. The van der Waals surface area contributed by atoms with Gasteiger partial charge in [-0.3, -0.25) is 0 Å². The Labute approximate surface area is 161 Å². The summed E-state index contributed by atoms with van der Waals surface area (Å²) >= 11 is 0. The molecule has 2 aromatic carbocycles. The van der Waals surface area contributed by atoms with Crippen LogP contribution in [0.3, 0.4) is 0 Å². The van der Waals surface area contributed by atoms with Crippen molar-refractivity contribution in [2.45, 2.75) is 44.2 Å². The third-order valence-electron chi connectivity index (χ3n) is 5.53. The molecule has 2 aromatic rings. The highest BCUT2D eigenvalue weighted by molar-refractivity contribution is 7.89. The molecule has 0 radical (unpaired) electrons. The number of allylic oxidation sites excluding steroid dienone is 1. The molecule has 0 spiro atoms. The zero-order chi connectivity index (χ0) is 19.0. The van der Waals surface area contributed by atoms with Crippen molar-refractivity contribution < 1.29 is 13.2 Å². The van der Waals surface area contributed by atoms with Crippen LogP contribution in [0.25, 0.3) is 5.57 Å². The van der Waals surface area contributed by atoms with Crippen molar-refractivity contribution in [1.29, 1.82) is 0 Å². The highest BCUT2D eigenvalue weighted by Crippen LogP contribution is 2.44. The minimum atomic E-state index is -3.60. The van der Waals surface area contributed by atoms with Gasteiger partial charge in [-0.1, -0.05) is 54.4 Å². The molecule has 0 N–H and O–H groups in total. The van der Waals surface area contributed by atoms with Gasteiger partial charge in [-0.05, 0) is 44.4 Å². The van der Waals surface area contributed by atoms with E-state index in [1.807, 2.05) is 44.2 Å². The fourth-order valence-electron chi connectivity index (χ4n) is 4.17. The van der Waals surface area contributed by atoms with Crippen molar-refractivity contribution in [1.82, 2.24) is 4.31 Å². The first-order chi connectivity index (χ1) is 13.0. The maximum atomic E-state index is 13.4. The maximum absolute atomic E-state index is 13.4. The molecule has 142 valence electrons. The quantitative estimate of drug-likeness (QED) is 0.780. The molecule has 27 heavy (non-hydrogen) atoms. The van der Waals surface area contributed by atoms with Crippen LogP contribution in [0.2, 0.25) is 0 Å². The van der Waals surface area contributed by atoms with Crippen LogP contribution in [0.4, 0.5) is 0 Å². The van der Waals surface area contributed by atoms with Crippen molar-refractivity contribution in [3.05, 3.63) is 71.5 Å². The second-order valence-corrected chi connectivity index (χ2v) is 9.27. The monoisotopic (exact) mass is 383 g/mol. The van der Waals surface area contributed by atoms with E-state index in [-0.39, 0.29) is 5.92 Å². The third kappa shape index (κ3) is 3.30. The number of hydrogen-bond acceptors (Lipinski definition) is 3. The molecular formula is C22H25NO3S. The first-order valence-corrected chi connectivity index (χ1v) is 10.9. The molecule has 4 rings (SSSR count). The fraction of sp³-hybridized carbons (Fsp3) is 0.364. The second kappa shape index (κ2) is 7.13. The van der Waals surface area contributed by atoms with E-state index in [0.717, 1.165) is 41.7 Å². The lowest BCUT2D eigenvalue weighted by Crippen LogP contribution is -2.43. The normalized spacial score (nSPS) is 23.6. The first kappa shape index (κ1) is 18.3. The lowest BCUT2D eigenvalue weighted by atomic mass is 9.89. The SMILES string of the molecule is CC1=C(c2ccccc2)[C@H]2CCCCN(S(=O)(=O)c3ccc(C)cc3)[C@H]2O1. The predicted octanol–water partition coefficient (Wildman–Crippen LogP) is 4.57. The number of nitrogens with zero attached hydrogens (tertiary/aromatic N) is 1. The van der Waals surface area contributed by atoms with Crippen molar-refractivity contribution in [2.75, 3.05) is 6.54 Å². The summed E-state index contributed by atoms with van der Waals surface area (Å²) in [4.78, 5) is 0.336. The van der Waals surface area contributed by atoms with Crippen LogP contribution >= 0.6 is 0 Å². The van der Waals surface area contributed by atoms with Gasteiger partial charge in [0, 0.05) is 18.0 Å². The standard InChI is InChI=1S/C22H25NO3S/c1-16-11-13-19(14-12-16)27(24,25)23-15-7-6-10-20-21(17(2)26-22(20)23)18-8-4-3-5-9-18/h3-5,8-9,11-14,20,22H,6-7,10,15H2,1-2H3/t20-,22+/m1/s1. The van der Waals surface area contributed by atoms with Crippen molar-refractivity contribution in [3.8, 4) is 0 Å². The Morgan fingerprint density at radius 1 is 0.963 bits per heavy atom. The fourth-order valence-corrected chi connectivity index (χ4v) is 5.76. The number of ether oxygens (including phenoxy) is 1. The molecule has 0 aromatic heterocycles. The van der Waals surface area contributed by atoms with E-state index in [1.54, 1.807) is 16.4 Å². The minimum Gasteiger partial charge on any atom is -0.478 e. The van der Waals surface area contributed by atoms with Gasteiger partial charge in [0.1, 0.15) is 0 Å². The van der Waals surface area contributed by atoms with Gasteiger partial charge < -0.3 is 4.74 Å². The topological polar surface area (TPSA) is 46.6 Å². The molecule has 0 bridgehead atoms. The Bertz CT molecular complexity index is 949. The average Bonchev–Trinajstić information content (AvgIpc) is 2.84. The van der Waals surface area contributed by atoms with E-state index in [2.05, 4.69) is 12.1 Å². The molecule has 2 aliphatic heterocycles. The molecule has 5 heteroatoms. The smallest absolute Gasteiger partial charge is 0.246 e. The Morgan fingerprint density at radius 2 is 1.67 bits per heavy atom. The van der Waals surface area contributed by atoms with Crippen LogP contribution in [0, 0.1) is 12.8 Å². The van der Waals surface area contributed by atoms with Gasteiger partial charge in [0.05, 0.1) is 10.7 Å². The van der Waals surface area contributed by atoms with Crippen LogP contribution in [0.15, 0.2) is 65.3 Å². The molecule has 0 unspecified atom stereocenters. The van der Waals surface area contributed by atoms with Crippen LogP contribution in [-0.2, 0) is 14.8 Å². The number of sulfonamides is 1. The van der Waals surface area contributed by atoms with Crippen LogP contribution in [0.5, 0.6) is 0 Å². The van der Waals surface area contributed by atoms with E-state index in [9.17, 15) is 8.42 Å². The highest BCUT2D eigenvalue weighted by atomic mass is 32.2. The maximum Gasteiger partial charge on any atom is 0.246 e. The number of fused-ring (bicyclic) bond motifs is 1. The second-order valence-electron chi connectivity index (χ2n) is 7.38. The summed E-state index contributed by atoms with van der Waals surface area (Å²) in [6.07, 6.45) is 2.32. The van der Waals surface area contributed by atoms with Gasteiger partial charge in [-0.25, -0.2) is 8.42 Å². The lowest BCUT2D eigenvalue weighted by molar-refractivity contribution is 0.0270. The van der Waals surface area contributed by atoms with Crippen LogP contribution in [0.1, 0.15) is 37.3 Å². The molecule has 4 nitrogen and oxygen atoms in total. The Kier molecular flexibility index (Phi) is 4.82. The summed E-state index contributed by atoms with van der Waals surface area (Å²) in [7, 11) is -3.60. The average molecular weight is 384 g/mol. The molecule has 0 amide bonds. The van der Waals surface area contributed by atoms with Crippen molar-refractivity contribution >= 4 is 15.6 Å². The Balaban J connectivity index is 1.71. The Hall–Kier alpha value is -2.11. The van der Waals surface area contributed by atoms with Crippen molar-refractivity contribution in [3.63, 3.8) is 0 Å². The number of benzene rings is 2. The molecule has 2 aliphatic rings. The number of aryl methyl sites for hydroxylation is 1. The minimum absolute atomic E-state index is 0.0649. The largest absolute Gasteiger partial charge is 0.478 e. The van der Waals surface area contributed by atoms with Gasteiger partial charge in [-0.2, -0.15) is 4.31 Å². The van der Waals surface area contributed by atoms with E-state index in [0.29, 0.717) is 11.4 Å². The molecule has 2 atom stereocenters. The summed E-state index contributed by atoms with van der Waals surface area (Å²) in [5, 5.41) is 0. The molecule has 0 saturated carbocycles. The van der Waals surface area contributed by atoms with Gasteiger partial charge in [-0.15, -0.1) is 0 Å². The summed E-state index contributed by atoms with van der Waals surface area (Å²) in [5.74, 6) is 0.900. The molecule has 1 saturated heterocycles. The zero-order valence-corrected chi connectivity index (χ0v) is 16.6. The van der Waals surface area contributed by atoms with E-state index < -0.39 is 16.3 Å². The van der Waals surface area contributed by atoms with Gasteiger partial charge >= 0.3 is 0 Å². The summed E-state index contributed by atoms with van der Waals surface area (Å²) < 4.78 is 34.5. The zero-order valence-electron chi connectivity index (χ0n) is 15.8. The summed E-state index contributed by atoms with van der Waals surface area (Å²) in [6.45, 7) is 4.40. The molecule has 0 aliphatic carbocycles. The van der Waals surface area contributed by atoms with E-state index in [1.165, 1.54) is 0 Å². The van der Waals surface area contributed by atoms with Crippen molar-refractivity contribution in [2.24, 2.45) is 5.92 Å². The predicted molar refractivity (Wildman–Crippen MR) is 106 cm³/mol. The molecular weight excluding hydrogens is 358 g/mol. The third-order valence-corrected chi connectivity index (χ3v) is 7.41. The molecule has 1 fully saturated rings. The van der Waals surface area contributed by atoms with Gasteiger partial charge in [0.2, 0.25) is 10.0 Å². The number of hydrogen-bond donors (Lipinski definition) is 0.